The molecule has 3 heteroatoms. The number of carbonyl (C=O) groups excluding carboxylic acids is 1. The monoisotopic (exact) mass is 190 g/mol. The van der Waals surface area contributed by atoms with Gasteiger partial charge < -0.3 is 10.1 Å². The van der Waals surface area contributed by atoms with Gasteiger partial charge in [0.1, 0.15) is 12.1 Å². The first kappa shape index (κ1) is 9.19. The number of hydrogen-bond donors (Lipinski definition) is 1. The molecule has 0 fully saturated rings. The van der Waals surface area contributed by atoms with Gasteiger partial charge in [-0.2, -0.15) is 0 Å². The van der Waals surface area contributed by atoms with Crippen molar-refractivity contribution in [2.75, 3.05) is 11.9 Å². The van der Waals surface area contributed by atoms with Gasteiger partial charge in [-0.3, -0.25) is 0 Å². The van der Waals surface area contributed by atoms with Crippen molar-refractivity contribution < 1.29 is 4.79 Å². The van der Waals surface area contributed by atoms with E-state index in [4.69, 9.17) is 0 Å². The highest BCUT2D eigenvalue weighted by Gasteiger charge is 2.09. The van der Waals surface area contributed by atoms with Crippen LogP contribution in [0.4, 0.5) is 5.82 Å². The lowest BCUT2D eigenvalue weighted by atomic mass is 10.1. The summed E-state index contributed by atoms with van der Waals surface area (Å²) >= 11 is 0. The first-order valence-electron chi connectivity index (χ1n) is 5.06. The molecule has 1 aromatic heterocycles. The molecule has 0 atom stereocenters. The Kier molecular flexibility index (Phi) is 2.77. The average molecular weight is 190 g/mol. The normalized spacial score (nSPS) is 14.3. The van der Waals surface area contributed by atoms with Crippen molar-refractivity contribution in [2.24, 2.45) is 0 Å². The average Bonchev–Trinajstić information content (AvgIpc) is 2.26. The first-order chi connectivity index (χ1) is 6.90. The second-order valence-electron chi connectivity index (χ2n) is 3.55. The maximum absolute atomic E-state index is 10.2. The second-order valence-corrected chi connectivity index (χ2v) is 3.55. The van der Waals surface area contributed by atoms with Gasteiger partial charge in [0.2, 0.25) is 0 Å². The zero-order valence-corrected chi connectivity index (χ0v) is 8.12. The Bertz CT molecular complexity index is 336. The van der Waals surface area contributed by atoms with E-state index in [9.17, 15) is 4.79 Å². The lowest BCUT2D eigenvalue weighted by Crippen LogP contribution is -2.14. The minimum absolute atomic E-state index is 0.561. The summed E-state index contributed by atoms with van der Waals surface area (Å²) in [6, 6.07) is 4.14. The van der Waals surface area contributed by atoms with Gasteiger partial charge >= 0.3 is 0 Å². The van der Waals surface area contributed by atoms with E-state index in [2.05, 4.69) is 16.4 Å². The van der Waals surface area contributed by atoms with E-state index in [0.717, 1.165) is 37.2 Å². The lowest BCUT2D eigenvalue weighted by molar-refractivity contribution is -0.107. The standard InChI is InChI=1S/C11H14N2O/c14-8-2-4-10-6-5-9-3-1-7-12-11(9)13-10/h5-6,8H,1-4,7H2,(H,12,13). The van der Waals surface area contributed by atoms with Crippen LogP contribution in [-0.4, -0.2) is 17.8 Å². The van der Waals surface area contributed by atoms with Crippen molar-refractivity contribution in [3.8, 4) is 0 Å². The molecular weight excluding hydrogens is 176 g/mol. The molecule has 1 aliphatic rings. The third-order valence-corrected chi connectivity index (χ3v) is 2.47. The maximum Gasteiger partial charge on any atom is 0.129 e. The van der Waals surface area contributed by atoms with E-state index in [-0.39, 0.29) is 0 Å². The highest BCUT2D eigenvalue weighted by atomic mass is 16.1. The van der Waals surface area contributed by atoms with Crippen LogP contribution in [0.25, 0.3) is 0 Å². The third kappa shape index (κ3) is 1.92. The minimum atomic E-state index is 0.561. The lowest BCUT2D eigenvalue weighted by Gasteiger charge is -2.17. The number of aryl methyl sites for hydroxylation is 2. The summed E-state index contributed by atoms with van der Waals surface area (Å²) in [5, 5.41) is 3.28. The predicted octanol–water partition coefficient (Wildman–Crippen LogP) is 1.57. The molecule has 1 N–H and O–H groups in total. The van der Waals surface area contributed by atoms with Crippen molar-refractivity contribution in [3.63, 3.8) is 0 Å². The van der Waals surface area contributed by atoms with Crippen LogP contribution in [0.2, 0.25) is 0 Å². The summed E-state index contributed by atoms with van der Waals surface area (Å²) in [4.78, 5) is 14.7. The zero-order valence-electron chi connectivity index (χ0n) is 8.12. The van der Waals surface area contributed by atoms with E-state index >= 15 is 0 Å². The Hall–Kier alpha value is -1.38. The van der Waals surface area contributed by atoms with Crippen LogP contribution < -0.4 is 5.32 Å². The van der Waals surface area contributed by atoms with Crippen molar-refractivity contribution in [3.05, 3.63) is 23.4 Å². The van der Waals surface area contributed by atoms with Crippen LogP contribution in [-0.2, 0) is 17.6 Å². The van der Waals surface area contributed by atoms with Crippen molar-refractivity contribution in [1.82, 2.24) is 4.98 Å². The Morgan fingerprint density at radius 2 is 2.43 bits per heavy atom. The molecule has 1 aromatic rings. The smallest absolute Gasteiger partial charge is 0.129 e. The topological polar surface area (TPSA) is 42.0 Å². The summed E-state index contributed by atoms with van der Waals surface area (Å²) in [6.07, 6.45) is 4.55. The van der Waals surface area contributed by atoms with E-state index in [1.54, 1.807) is 0 Å². The number of hydrogen-bond acceptors (Lipinski definition) is 3. The Labute approximate surface area is 83.5 Å². The molecule has 74 valence electrons. The van der Waals surface area contributed by atoms with Gasteiger partial charge in [0.25, 0.3) is 0 Å². The molecule has 14 heavy (non-hydrogen) atoms. The fraction of sp³-hybridized carbons (Fsp3) is 0.455. The number of nitrogens with one attached hydrogen (secondary N) is 1. The molecule has 0 saturated heterocycles. The molecule has 0 bridgehead atoms. The summed E-state index contributed by atoms with van der Waals surface area (Å²) in [6.45, 7) is 1.01. The summed E-state index contributed by atoms with van der Waals surface area (Å²) in [5.74, 6) is 1.01. The third-order valence-electron chi connectivity index (χ3n) is 2.47. The number of anilines is 1. The van der Waals surface area contributed by atoms with Crippen LogP contribution >= 0.6 is 0 Å². The molecule has 0 radical (unpaired) electrons. The number of aldehydes is 1. The highest BCUT2D eigenvalue weighted by molar-refractivity contribution is 5.51. The summed E-state index contributed by atoms with van der Waals surface area (Å²) < 4.78 is 0. The van der Waals surface area contributed by atoms with Gasteiger partial charge in [0.05, 0.1) is 0 Å². The summed E-state index contributed by atoms with van der Waals surface area (Å²) in [5.41, 5.74) is 2.30. The van der Waals surface area contributed by atoms with Gasteiger partial charge in [-0.1, -0.05) is 6.07 Å². The molecule has 0 amide bonds. The van der Waals surface area contributed by atoms with E-state index in [1.807, 2.05) is 6.07 Å². The molecule has 1 aliphatic heterocycles. The van der Waals surface area contributed by atoms with Crippen molar-refractivity contribution >= 4 is 12.1 Å². The van der Waals surface area contributed by atoms with E-state index in [0.29, 0.717) is 6.42 Å². The predicted molar refractivity (Wildman–Crippen MR) is 55.4 cm³/mol. The molecule has 0 aromatic carbocycles. The van der Waals surface area contributed by atoms with Crippen molar-refractivity contribution in [2.45, 2.75) is 25.7 Å². The first-order valence-corrected chi connectivity index (χ1v) is 5.06. The molecule has 0 spiro atoms. The van der Waals surface area contributed by atoms with Crippen LogP contribution in [0.15, 0.2) is 12.1 Å². The fourth-order valence-corrected chi connectivity index (χ4v) is 1.71. The molecule has 0 aliphatic carbocycles. The number of pyridine rings is 1. The fourth-order valence-electron chi connectivity index (χ4n) is 1.71. The zero-order chi connectivity index (χ0) is 9.80. The van der Waals surface area contributed by atoms with Gasteiger partial charge in [-0.15, -0.1) is 0 Å². The summed E-state index contributed by atoms with van der Waals surface area (Å²) in [7, 11) is 0. The number of nitrogens with zero attached hydrogens (tertiary/aromatic N) is 1. The Morgan fingerprint density at radius 3 is 3.29 bits per heavy atom. The number of aromatic nitrogens is 1. The quantitative estimate of drug-likeness (QED) is 0.736. The van der Waals surface area contributed by atoms with Crippen LogP contribution in [0.5, 0.6) is 0 Å². The van der Waals surface area contributed by atoms with Crippen LogP contribution in [0.3, 0.4) is 0 Å². The van der Waals surface area contributed by atoms with Gasteiger partial charge in [-0.05, 0) is 30.9 Å². The number of fused-ring (bicyclic) bond motifs is 1. The van der Waals surface area contributed by atoms with Crippen molar-refractivity contribution in [1.29, 1.82) is 0 Å². The van der Waals surface area contributed by atoms with E-state index < -0.39 is 0 Å². The second kappa shape index (κ2) is 4.22. The molecule has 2 rings (SSSR count). The molecule has 3 nitrogen and oxygen atoms in total. The largest absolute Gasteiger partial charge is 0.370 e. The molecular formula is C11H14N2O. The van der Waals surface area contributed by atoms with Crippen LogP contribution in [0, 0.1) is 0 Å². The minimum Gasteiger partial charge on any atom is -0.370 e. The Balaban J connectivity index is 2.16. The Morgan fingerprint density at radius 1 is 1.50 bits per heavy atom. The van der Waals surface area contributed by atoms with Crippen LogP contribution in [0.1, 0.15) is 24.1 Å². The van der Waals surface area contributed by atoms with Gasteiger partial charge in [0, 0.05) is 18.7 Å². The van der Waals surface area contributed by atoms with Gasteiger partial charge in [0.15, 0.2) is 0 Å². The maximum atomic E-state index is 10.2. The molecule has 0 saturated carbocycles. The molecule has 0 unspecified atom stereocenters. The van der Waals surface area contributed by atoms with Gasteiger partial charge in [-0.25, -0.2) is 4.98 Å². The molecule has 2 heterocycles. The van der Waals surface area contributed by atoms with E-state index in [1.165, 1.54) is 12.0 Å². The SMILES string of the molecule is O=CCCc1ccc2c(n1)NCCC2. The highest BCUT2D eigenvalue weighted by Crippen LogP contribution is 2.19. The number of carbonyl (C=O) groups is 1. The number of rotatable bonds is 3.